The van der Waals surface area contributed by atoms with Gasteiger partial charge in [0.2, 0.25) is 0 Å². The molecule has 8 heteroatoms. The summed E-state index contributed by atoms with van der Waals surface area (Å²) in [6.45, 7) is 10.4. The fraction of sp³-hybridized carbons (Fsp3) is 0.800. The molecule has 1 aromatic heterocycles. The molecule has 160 valence electrons. The Kier molecular flexibility index (Phi) is 9.49. The molecule has 1 aromatic rings. The summed E-state index contributed by atoms with van der Waals surface area (Å²) in [5, 5.41) is 7.93. The van der Waals surface area contributed by atoms with Crippen LogP contribution < -0.4 is 5.32 Å². The summed E-state index contributed by atoms with van der Waals surface area (Å²) in [4.78, 5) is 9.53. The highest BCUT2D eigenvalue weighted by Gasteiger charge is 2.27. The van der Waals surface area contributed by atoms with Gasteiger partial charge in [0.1, 0.15) is 6.10 Å². The summed E-state index contributed by atoms with van der Waals surface area (Å²) >= 11 is 0. The van der Waals surface area contributed by atoms with Gasteiger partial charge in [-0.1, -0.05) is 20.3 Å². The highest BCUT2D eigenvalue weighted by Crippen LogP contribution is 2.22. The molecule has 0 aromatic carbocycles. The molecule has 2 saturated heterocycles. The Morgan fingerprint density at radius 3 is 2.86 bits per heavy atom. The molecule has 0 saturated carbocycles. The van der Waals surface area contributed by atoms with Gasteiger partial charge in [-0.3, -0.25) is 14.6 Å². The molecule has 2 aliphatic heterocycles. The van der Waals surface area contributed by atoms with Crippen LogP contribution >= 0.6 is 24.0 Å². The van der Waals surface area contributed by atoms with E-state index in [1.807, 2.05) is 31.2 Å². The molecule has 2 atom stereocenters. The number of guanidine groups is 1. The fourth-order valence-corrected chi connectivity index (χ4v) is 4.19. The number of nitrogens with one attached hydrogen (secondary N) is 1. The Morgan fingerprint density at radius 1 is 1.36 bits per heavy atom. The van der Waals surface area contributed by atoms with Crippen LogP contribution in [0.15, 0.2) is 17.4 Å². The van der Waals surface area contributed by atoms with Gasteiger partial charge in [0.05, 0.1) is 19.3 Å². The molecule has 2 aliphatic rings. The van der Waals surface area contributed by atoms with Gasteiger partial charge in [-0.2, -0.15) is 5.10 Å². The van der Waals surface area contributed by atoms with Gasteiger partial charge in [-0.15, -0.1) is 24.0 Å². The Hall–Kier alpha value is -0.870. The van der Waals surface area contributed by atoms with Gasteiger partial charge in [-0.25, -0.2) is 0 Å². The van der Waals surface area contributed by atoms with E-state index in [0.29, 0.717) is 18.6 Å². The largest absolute Gasteiger partial charge is 0.370 e. The number of hydrogen-bond acceptors (Lipinski definition) is 4. The molecule has 0 radical (unpaired) electrons. The third-order valence-corrected chi connectivity index (χ3v) is 5.52. The molecule has 0 bridgehead atoms. The Labute approximate surface area is 186 Å². The SMILES string of the molecule is CN=C(NCC1CCCCN1CC(C)C)N1CCOC(c2cnn(C)c2)C1.I. The minimum absolute atomic E-state index is 0. The van der Waals surface area contributed by atoms with Gasteiger partial charge >= 0.3 is 0 Å². The number of piperidine rings is 1. The van der Waals surface area contributed by atoms with E-state index in [1.54, 1.807) is 0 Å². The van der Waals surface area contributed by atoms with Crippen LogP contribution in [0, 0.1) is 5.92 Å². The van der Waals surface area contributed by atoms with Crippen LogP contribution in [0.4, 0.5) is 0 Å². The van der Waals surface area contributed by atoms with E-state index >= 15 is 0 Å². The number of hydrogen-bond donors (Lipinski definition) is 1. The Morgan fingerprint density at radius 2 is 2.18 bits per heavy atom. The first-order valence-electron chi connectivity index (χ1n) is 10.4. The predicted octanol–water partition coefficient (Wildman–Crippen LogP) is 2.50. The lowest BCUT2D eigenvalue weighted by atomic mass is 10.0. The number of aryl methyl sites for hydroxylation is 1. The maximum absolute atomic E-state index is 5.97. The van der Waals surface area contributed by atoms with E-state index in [4.69, 9.17) is 4.74 Å². The fourth-order valence-electron chi connectivity index (χ4n) is 4.19. The van der Waals surface area contributed by atoms with Crippen molar-refractivity contribution in [3.8, 4) is 0 Å². The number of aliphatic imine (C=N–C) groups is 1. The molecule has 1 N–H and O–H groups in total. The van der Waals surface area contributed by atoms with Gasteiger partial charge in [0.15, 0.2) is 5.96 Å². The minimum atomic E-state index is 0. The highest BCUT2D eigenvalue weighted by atomic mass is 127. The second kappa shape index (κ2) is 11.3. The van der Waals surface area contributed by atoms with Gasteiger partial charge in [0, 0.05) is 51.5 Å². The standard InChI is InChI=1S/C20H36N6O.HI/c1-16(2)13-25-8-6-5-7-18(25)12-22-20(21-3)26-9-10-27-19(15-26)17-11-23-24(4)14-17;/h11,14,16,18-19H,5-10,12-13,15H2,1-4H3,(H,21,22);1H. The first-order chi connectivity index (χ1) is 13.1. The van der Waals surface area contributed by atoms with E-state index in [0.717, 1.165) is 31.2 Å². The summed E-state index contributed by atoms with van der Waals surface area (Å²) in [6.07, 6.45) is 7.93. The zero-order valence-electron chi connectivity index (χ0n) is 17.8. The Bertz CT molecular complexity index is 620. The van der Waals surface area contributed by atoms with Crippen molar-refractivity contribution in [1.82, 2.24) is 24.9 Å². The summed E-state index contributed by atoms with van der Waals surface area (Å²) in [7, 11) is 3.82. The van der Waals surface area contributed by atoms with Crippen molar-refractivity contribution in [2.24, 2.45) is 18.0 Å². The molecule has 28 heavy (non-hydrogen) atoms. The third-order valence-electron chi connectivity index (χ3n) is 5.52. The molecule has 0 aliphatic carbocycles. The van der Waals surface area contributed by atoms with Crippen molar-refractivity contribution in [3.05, 3.63) is 18.0 Å². The predicted molar refractivity (Wildman–Crippen MR) is 124 cm³/mol. The van der Waals surface area contributed by atoms with E-state index < -0.39 is 0 Å². The molecule has 0 amide bonds. The third kappa shape index (κ3) is 6.32. The zero-order chi connectivity index (χ0) is 19.2. The van der Waals surface area contributed by atoms with Crippen LogP contribution in [-0.4, -0.2) is 78.0 Å². The van der Waals surface area contributed by atoms with Crippen LogP contribution in [0.1, 0.15) is 44.8 Å². The van der Waals surface area contributed by atoms with Crippen LogP contribution in [0.3, 0.4) is 0 Å². The second-order valence-electron chi connectivity index (χ2n) is 8.22. The summed E-state index contributed by atoms with van der Waals surface area (Å²) < 4.78 is 7.80. The van der Waals surface area contributed by atoms with E-state index in [2.05, 4.69) is 39.1 Å². The van der Waals surface area contributed by atoms with Crippen LogP contribution in [0.2, 0.25) is 0 Å². The first kappa shape index (κ1) is 23.4. The van der Waals surface area contributed by atoms with Gasteiger partial charge in [-0.05, 0) is 25.3 Å². The lowest BCUT2D eigenvalue weighted by Gasteiger charge is -2.39. The van der Waals surface area contributed by atoms with Crippen LogP contribution in [0.5, 0.6) is 0 Å². The van der Waals surface area contributed by atoms with Crippen LogP contribution in [-0.2, 0) is 11.8 Å². The number of likely N-dealkylation sites (tertiary alicyclic amines) is 1. The minimum Gasteiger partial charge on any atom is -0.370 e. The van der Waals surface area contributed by atoms with Crippen molar-refractivity contribution in [3.63, 3.8) is 0 Å². The molecular weight excluding hydrogens is 467 g/mol. The molecular formula is C20H37IN6O. The van der Waals surface area contributed by atoms with Crippen LogP contribution in [0.25, 0.3) is 0 Å². The quantitative estimate of drug-likeness (QED) is 0.380. The number of halogens is 1. The summed E-state index contributed by atoms with van der Waals surface area (Å²) in [6, 6.07) is 0.605. The van der Waals surface area contributed by atoms with Crippen molar-refractivity contribution in [2.75, 3.05) is 46.4 Å². The van der Waals surface area contributed by atoms with Crippen molar-refractivity contribution in [1.29, 1.82) is 0 Å². The van der Waals surface area contributed by atoms with Crippen molar-refractivity contribution in [2.45, 2.75) is 45.3 Å². The smallest absolute Gasteiger partial charge is 0.193 e. The van der Waals surface area contributed by atoms with E-state index in [9.17, 15) is 0 Å². The van der Waals surface area contributed by atoms with E-state index in [1.165, 1.54) is 32.4 Å². The molecule has 0 spiro atoms. The van der Waals surface area contributed by atoms with Crippen molar-refractivity contribution >= 4 is 29.9 Å². The topological polar surface area (TPSA) is 57.9 Å². The lowest BCUT2D eigenvalue weighted by molar-refractivity contribution is -0.00820. The maximum atomic E-state index is 5.97. The number of ether oxygens (including phenoxy) is 1. The first-order valence-corrected chi connectivity index (χ1v) is 10.4. The van der Waals surface area contributed by atoms with Gasteiger partial charge < -0.3 is 15.0 Å². The molecule has 3 heterocycles. The number of aromatic nitrogens is 2. The molecule has 2 fully saturated rings. The highest BCUT2D eigenvalue weighted by molar-refractivity contribution is 14.0. The monoisotopic (exact) mass is 504 g/mol. The number of rotatable bonds is 5. The molecule has 2 unspecified atom stereocenters. The summed E-state index contributed by atoms with van der Waals surface area (Å²) in [5.74, 6) is 1.70. The zero-order valence-corrected chi connectivity index (χ0v) is 20.1. The average Bonchev–Trinajstić information content (AvgIpc) is 3.10. The van der Waals surface area contributed by atoms with Gasteiger partial charge in [0.25, 0.3) is 0 Å². The maximum Gasteiger partial charge on any atom is 0.193 e. The Balaban J connectivity index is 0.00000280. The number of nitrogens with zero attached hydrogens (tertiary/aromatic N) is 5. The second-order valence-corrected chi connectivity index (χ2v) is 8.22. The summed E-state index contributed by atoms with van der Waals surface area (Å²) in [5.41, 5.74) is 1.13. The van der Waals surface area contributed by atoms with E-state index in [-0.39, 0.29) is 30.1 Å². The molecule has 7 nitrogen and oxygen atoms in total. The average molecular weight is 504 g/mol. The number of morpholine rings is 1. The lowest BCUT2D eigenvalue weighted by Crippen LogP contribution is -2.53. The van der Waals surface area contributed by atoms with Crippen molar-refractivity contribution < 1.29 is 4.74 Å². The normalized spacial score (nSPS) is 24.3. The molecule has 3 rings (SSSR count).